The van der Waals surface area contributed by atoms with Gasteiger partial charge in [-0.3, -0.25) is 0 Å². The van der Waals surface area contributed by atoms with Crippen LogP contribution in [0, 0.1) is 0 Å². The molecule has 0 saturated heterocycles. The number of hydrogen-bond donors (Lipinski definition) is 3. The van der Waals surface area contributed by atoms with Crippen molar-refractivity contribution in [2.24, 2.45) is 0 Å². The van der Waals surface area contributed by atoms with Crippen molar-refractivity contribution >= 4 is 5.97 Å². The Morgan fingerprint density at radius 1 is 1.15 bits per heavy atom. The summed E-state index contributed by atoms with van der Waals surface area (Å²) in [5.74, 6) is -0.781. The quantitative estimate of drug-likeness (QED) is 0.604. The fourth-order valence-corrected chi connectivity index (χ4v) is 1.80. The first kappa shape index (κ1) is 16.5. The average Bonchev–Trinajstić information content (AvgIpc) is 2.46. The van der Waals surface area contributed by atoms with Crippen LogP contribution in [-0.2, 0) is 4.79 Å². The second-order valence-corrected chi connectivity index (χ2v) is 4.71. The van der Waals surface area contributed by atoms with Crippen LogP contribution in [0.5, 0.6) is 5.75 Å². The lowest BCUT2D eigenvalue weighted by atomic mass is 10.0. The number of carboxylic acid groups (broad SMARTS) is 1. The molecule has 5 heteroatoms. The Hall–Kier alpha value is -1.59. The zero-order valence-corrected chi connectivity index (χ0v) is 11.7. The van der Waals surface area contributed by atoms with Gasteiger partial charge in [-0.2, -0.15) is 0 Å². The first-order chi connectivity index (χ1) is 9.56. The third kappa shape index (κ3) is 5.19. The minimum Gasteiger partial charge on any atom is -0.494 e. The van der Waals surface area contributed by atoms with Crippen molar-refractivity contribution in [1.29, 1.82) is 0 Å². The highest BCUT2D eigenvalue weighted by Crippen LogP contribution is 2.20. The number of ether oxygens (including phenoxy) is 1. The molecule has 1 aromatic carbocycles. The molecule has 0 aliphatic carbocycles. The van der Waals surface area contributed by atoms with Crippen molar-refractivity contribution in [3.05, 3.63) is 29.8 Å². The molecule has 2 atom stereocenters. The maximum atomic E-state index is 10.6. The summed E-state index contributed by atoms with van der Waals surface area (Å²) >= 11 is 0. The topological polar surface area (TPSA) is 87.0 Å². The first-order valence-corrected chi connectivity index (χ1v) is 6.88. The smallest absolute Gasteiger partial charge is 0.335 e. The number of rotatable bonds is 9. The lowest BCUT2D eigenvalue weighted by Crippen LogP contribution is -2.27. The van der Waals surface area contributed by atoms with E-state index in [0.717, 1.165) is 12.8 Å². The van der Waals surface area contributed by atoms with Gasteiger partial charge < -0.3 is 20.1 Å². The van der Waals surface area contributed by atoms with Gasteiger partial charge in [-0.1, -0.05) is 38.3 Å². The minimum atomic E-state index is -1.82. The highest BCUT2D eigenvalue weighted by molar-refractivity contribution is 5.73. The van der Waals surface area contributed by atoms with Gasteiger partial charge in [0.25, 0.3) is 0 Å². The molecule has 0 bridgehead atoms. The van der Waals surface area contributed by atoms with E-state index < -0.39 is 18.2 Å². The molecule has 112 valence electrons. The number of carbonyl (C=O) groups is 1. The lowest BCUT2D eigenvalue weighted by Gasteiger charge is -2.14. The molecule has 0 radical (unpaired) electrons. The first-order valence-electron chi connectivity index (χ1n) is 6.88. The van der Waals surface area contributed by atoms with Gasteiger partial charge in [0, 0.05) is 0 Å². The van der Waals surface area contributed by atoms with Crippen LogP contribution in [0.15, 0.2) is 24.3 Å². The van der Waals surface area contributed by atoms with Crippen LogP contribution in [0.2, 0.25) is 0 Å². The van der Waals surface area contributed by atoms with Gasteiger partial charge in [0.2, 0.25) is 0 Å². The summed E-state index contributed by atoms with van der Waals surface area (Å²) in [4.78, 5) is 10.6. The van der Waals surface area contributed by atoms with Crippen molar-refractivity contribution in [2.45, 2.75) is 44.8 Å². The van der Waals surface area contributed by atoms with Crippen LogP contribution < -0.4 is 4.74 Å². The molecule has 0 aliphatic rings. The second kappa shape index (κ2) is 8.55. The van der Waals surface area contributed by atoms with E-state index in [1.165, 1.54) is 12.8 Å². The molecule has 0 fully saturated rings. The van der Waals surface area contributed by atoms with E-state index in [-0.39, 0.29) is 0 Å². The van der Waals surface area contributed by atoms with E-state index in [1.54, 1.807) is 24.3 Å². The molecule has 0 aromatic heterocycles. The standard InChI is InChI=1S/C15H22O5/c1-2-3-4-5-10-20-12-8-6-11(7-9-12)13(16)14(17)15(18)19/h6-9,13-14,16-17H,2-5,10H2,1H3,(H,18,19). The predicted octanol–water partition coefficient (Wildman–Crippen LogP) is 2.12. The molecule has 0 saturated carbocycles. The van der Waals surface area contributed by atoms with Gasteiger partial charge >= 0.3 is 5.97 Å². The summed E-state index contributed by atoms with van der Waals surface area (Å²) < 4.78 is 5.53. The average molecular weight is 282 g/mol. The molecule has 3 N–H and O–H groups in total. The van der Waals surface area contributed by atoms with Crippen molar-refractivity contribution in [3.8, 4) is 5.75 Å². The Balaban J connectivity index is 2.45. The van der Waals surface area contributed by atoms with Crippen molar-refractivity contribution < 1.29 is 24.9 Å². The number of aliphatic carboxylic acids is 1. The van der Waals surface area contributed by atoms with Crippen LogP contribution in [-0.4, -0.2) is 34.0 Å². The molecule has 1 rings (SSSR count). The van der Waals surface area contributed by atoms with E-state index in [9.17, 15) is 15.0 Å². The lowest BCUT2D eigenvalue weighted by molar-refractivity contribution is -0.153. The maximum absolute atomic E-state index is 10.6. The fraction of sp³-hybridized carbons (Fsp3) is 0.533. The number of aliphatic hydroxyl groups excluding tert-OH is 2. The van der Waals surface area contributed by atoms with Gasteiger partial charge in [0.05, 0.1) is 6.61 Å². The molecule has 0 amide bonds. The monoisotopic (exact) mass is 282 g/mol. The molecule has 2 unspecified atom stereocenters. The highest BCUT2D eigenvalue weighted by atomic mass is 16.5. The van der Waals surface area contributed by atoms with Crippen LogP contribution in [0.3, 0.4) is 0 Å². The summed E-state index contributed by atoms with van der Waals surface area (Å²) in [6, 6.07) is 6.43. The number of benzene rings is 1. The summed E-state index contributed by atoms with van der Waals surface area (Å²) in [5, 5.41) is 27.5. The maximum Gasteiger partial charge on any atom is 0.335 e. The number of aliphatic hydroxyl groups is 2. The molecule has 0 heterocycles. The Morgan fingerprint density at radius 2 is 1.80 bits per heavy atom. The molecular formula is C15H22O5. The molecule has 1 aromatic rings. The van der Waals surface area contributed by atoms with E-state index in [0.29, 0.717) is 17.9 Å². The molecule has 20 heavy (non-hydrogen) atoms. The van der Waals surface area contributed by atoms with Crippen LogP contribution in [0.25, 0.3) is 0 Å². The van der Waals surface area contributed by atoms with Crippen molar-refractivity contribution in [2.75, 3.05) is 6.61 Å². The summed E-state index contributed by atoms with van der Waals surface area (Å²) in [5.41, 5.74) is 0.346. The van der Waals surface area contributed by atoms with E-state index >= 15 is 0 Å². The van der Waals surface area contributed by atoms with Crippen LogP contribution in [0.4, 0.5) is 0 Å². The molecule has 5 nitrogen and oxygen atoms in total. The number of hydrogen-bond acceptors (Lipinski definition) is 4. The summed E-state index contributed by atoms with van der Waals surface area (Å²) in [7, 11) is 0. The van der Waals surface area contributed by atoms with Crippen molar-refractivity contribution in [3.63, 3.8) is 0 Å². The Bertz CT molecular complexity index is 401. The zero-order chi connectivity index (χ0) is 15.0. The van der Waals surface area contributed by atoms with E-state index in [4.69, 9.17) is 9.84 Å². The van der Waals surface area contributed by atoms with Crippen LogP contribution in [0.1, 0.15) is 44.3 Å². The van der Waals surface area contributed by atoms with E-state index in [2.05, 4.69) is 6.92 Å². The highest BCUT2D eigenvalue weighted by Gasteiger charge is 2.24. The Kier molecular flexibility index (Phi) is 7.04. The molecule has 0 aliphatic heterocycles. The predicted molar refractivity (Wildman–Crippen MR) is 74.7 cm³/mol. The van der Waals surface area contributed by atoms with Crippen molar-refractivity contribution in [1.82, 2.24) is 0 Å². The Morgan fingerprint density at radius 3 is 2.35 bits per heavy atom. The Labute approximate surface area is 118 Å². The van der Waals surface area contributed by atoms with Gasteiger partial charge in [0.15, 0.2) is 6.10 Å². The third-order valence-electron chi connectivity index (χ3n) is 3.04. The van der Waals surface area contributed by atoms with Gasteiger partial charge in [-0.25, -0.2) is 4.79 Å². The second-order valence-electron chi connectivity index (χ2n) is 4.71. The van der Waals surface area contributed by atoms with Gasteiger partial charge in [0.1, 0.15) is 11.9 Å². The minimum absolute atomic E-state index is 0.346. The zero-order valence-electron chi connectivity index (χ0n) is 11.7. The largest absolute Gasteiger partial charge is 0.494 e. The third-order valence-corrected chi connectivity index (χ3v) is 3.04. The fourth-order valence-electron chi connectivity index (χ4n) is 1.80. The van der Waals surface area contributed by atoms with Gasteiger partial charge in [-0.15, -0.1) is 0 Å². The summed E-state index contributed by atoms with van der Waals surface area (Å²) in [6.07, 6.45) is 1.25. The van der Waals surface area contributed by atoms with E-state index in [1.807, 2.05) is 0 Å². The summed E-state index contributed by atoms with van der Waals surface area (Å²) in [6.45, 7) is 2.79. The number of unbranched alkanes of at least 4 members (excludes halogenated alkanes) is 3. The van der Waals surface area contributed by atoms with Gasteiger partial charge in [-0.05, 0) is 24.1 Å². The normalized spacial score (nSPS) is 13.8. The van der Waals surface area contributed by atoms with Crippen LogP contribution >= 0.6 is 0 Å². The molecule has 0 spiro atoms. The SMILES string of the molecule is CCCCCCOc1ccc(C(O)C(O)C(=O)O)cc1. The molecular weight excluding hydrogens is 260 g/mol. The number of carboxylic acids is 1.